The number of aromatic nitrogens is 2. The molecule has 1 aliphatic rings. The maximum atomic E-state index is 4.73. The molecule has 0 saturated carbocycles. The largest absolute Gasteiger partial charge is 0.369 e. The number of nitrogens with zero attached hydrogens (tertiary/aromatic N) is 3. The van der Waals surface area contributed by atoms with Crippen LogP contribution in [0.1, 0.15) is 5.56 Å². The molecule has 4 heteroatoms. The molecule has 0 atom stereocenters. The Labute approximate surface area is 136 Å². The van der Waals surface area contributed by atoms with Crippen LogP contribution in [0.25, 0.3) is 22.4 Å². The molecule has 0 spiro atoms. The summed E-state index contributed by atoms with van der Waals surface area (Å²) >= 11 is 0. The first kappa shape index (κ1) is 14.3. The average Bonchev–Trinajstić information content (AvgIpc) is 2.99. The highest BCUT2D eigenvalue weighted by Crippen LogP contribution is 2.25. The SMILES string of the molecule is Cc1ccc(-c2nc3ccc(N4CCN(C)CC4)cc3[nH]2)cc1. The van der Waals surface area contributed by atoms with Gasteiger partial charge in [-0.1, -0.05) is 29.8 Å². The molecule has 0 amide bonds. The zero-order chi connectivity index (χ0) is 15.8. The number of fused-ring (bicyclic) bond motifs is 1. The van der Waals surface area contributed by atoms with Crippen molar-refractivity contribution in [3.63, 3.8) is 0 Å². The second kappa shape index (κ2) is 5.70. The first-order valence-corrected chi connectivity index (χ1v) is 8.19. The lowest BCUT2D eigenvalue weighted by Gasteiger charge is -2.34. The van der Waals surface area contributed by atoms with E-state index < -0.39 is 0 Å². The smallest absolute Gasteiger partial charge is 0.138 e. The van der Waals surface area contributed by atoms with Crippen molar-refractivity contribution in [2.75, 3.05) is 38.1 Å². The fraction of sp³-hybridized carbons (Fsp3) is 0.316. The Hall–Kier alpha value is -2.33. The Balaban J connectivity index is 1.65. The van der Waals surface area contributed by atoms with Crippen LogP contribution in [-0.4, -0.2) is 48.1 Å². The highest BCUT2D eigenvalue weighted by Gasteiger charge is 2.15. The van der Waals surface area contributed by atoms with Gasteiger partial charge in [0, 0.05) is 37.4 Å². The number of likely N-dealkylation sites (N-methyl/N-ethyl adjacent to an activating group) is 1. The van der Waals surface area contributed by atoms with E-state index in [2.05, 4.69) is 71.2 Å². The first-order chi connectivity index (χ1) is 11.2. The van der Waals surface area contributed by atoms with E-state index in [1.54, 1.807) is 0 Å². The Morgan fingerprint density at radius 3 is 2.43 bits per heavy atom. The highest BCUT2D eigenvalue weighted by atomic mass is 15.2. The predicted octanol–water partition coefficient (Wildman–Crippen LogP) is 3.29. The molecule has 0 unspecified atom stereocenters. The third kappa shape index (κ3) is 2.82. The number of hydrogen-bond donors (Lipinski definition) is 1. The average molecular weight is 306 g/mol. The molecule has 2 aromatic carbocycles. The van der Waals surface area contributed by atoms with Crippen LogP contribution < -0.4 is 4.90 Å². The molecular weight excluding hydrogens is 284 g/mol. The van der Waals surface area contributed by atoms with E-state index in [9.17, 15) is 0 Å². The summed E-state index contributed by atoms with van der Waals surface area (Å²) in [6.07, 6.45) is 0. The summed E-state index contributed by atoms with van der Waals surface area (Å²) in [5.74, 6) is 0.940. The lowest BCUT2D eigenvalue weighted by atomic mass is 10.1. The molecule has 118 valence electrons. The molecule has 4 nitrogen and oxygen atoms in total. The number of anilines is 1. The second-order valence-electron chi connectivity index (χ2n) is 6.44. The van der Waals surface area contributed by atoms with Crippen LogP contribution in [0.15, 0.2) is 42.5 Å². The molecule has 1 aromatic heterocycles. The zero-order valence-electron chi connectivity index (χ0n) is 13.7. The van der Waals surface area contributed by atoms with Gasteiger partial charge < -0.3 is 14.8 Å². The quantitative estimate of drug-likeness (QED) is 0.789. The molecule has 1 aliphatic heterocycles. The molecule has 0 radical (unpaired) electrons. The molecule has 4 rings (SSSR count). The van der Waals surface area contributed by atoms with Crippen molar-refractivity contribution in [1.29, 1.82) is 0 Å². The van der Waals surface area contributed by atoms with Crippen molar-refractivity contribution < 1.29 is 0 Å². The number of nitrogens with one attached hydrogen (secondary N) is 1. The highest BCUT2D eigenvalue weighted by molar-refractivity contribution is 5.83. The Morgan fingerprint density at radius 2 is 1.70 bits per heavy atom. The van der Waals surface area contributed by atoms with Crippen molar-refractivity contribution in [1.82, 2.24) is 14.9 Å². The summed E-state index contributed by atoms with van der Waals surface area (Å²) in [5.41, 5.74) is 5.82. The lowest BCUT2D eigenvalue weighted by Crippen LogP contribution is -2.44. The lowest BCUT2D eigenvalue weighted by molar-refractivity contribution is 0.313. The van der Waals surface area contributed by atoms with E-state index in [0.29, 0.717) is 0 Å². The Kier molecular flexibility index (Phi) is 3.54. The monoisotopic (exact) mass is 306 g/mol. The van der Waals surface area contributed by atoms with Crippen LogP contribution in [0.2, 0.25) is 0 Å². The third-order valence-corrected chi connectivity index (χ3v) is 4.66. The van der Waals surface area contributed by atoms with Crippen molar-refractivity contribution in [2.45, 2.75) is 6.92 Å². The molecule has 0 aliphatic carbocycles. The zero-order valence-corrected chi connectivity index (χ0v) is 13.7. The summed E-state index contributed by atoms with van der Waals surface area (Å²) in [4.78, 5) is 13.0. The van der Waals surface area contributed by atoms with E-state index in [4.69, 9.17) is 4.98 Å². The van der Waals surface area contributed by atoms with Gasteiger partial charge in [0.25, 0.3) is 0 Å². The number of imidazole rings is 1. The van der Waals surface area contributed by atoms with Gasteiger partial charge in [-0.25, -0.2) is 4.98 Å². The van der Waals surface area contributed by atoms with E-state index in [1.165, 1.54) is 11.3 Å². The Morgan fingerprint density at radius 1 is 0.957 bits per heavy atom. The summed E-state index contributed by atoms with van der Waals surface area (Å²) in [6, 6.07) is 15.0. The number of rotatable bonds is 2. The van der Waals surface area contributed by atoms with Crippen LogP contribution in [0.3, 0.4) is 0 Å². The maximum Gasteiger partial charge on any atom is 0.138 e. The van der Waals surface area contributed by atoms with Crippen molar-refractivity contribution in [2.24, 2.45) is 0 Å². The van der Waals surface area contributed by atoms with Gasteiger partial charge in [0.05, 0.1) is 11.0 Å². The van der Waals surface area contributed by atoms with Gasteiger partial charge in [0.15, 0.2) is 0 Å². The number of aromatic amines is 1. The Bertz CT molecular complexity index is 811. The number of H-pyrrole nitrogens is 1. The normalized spacial score (nSPS) is 16.2. The molecule has 0 bridgehead atoms. The van der Waals surface area contributed by atoms with E-state index in [0.717, 1.165) is 48.6 Å². The predicted molar refractivity (Wildman–Crippen MR) is 96.0 cm³/mol. The first-order valence-electron chi connectivity index (χ1n) is 8.19. The van der Waals surface area contributed by atoms with Crippen molar-refractivity contribution in [3.05, 3.63) is 48.0 Å². The summed E-state index contributed by atoms with van der Waals surface area (Å²) < 4.78 is 0. The minimum absolute atomic E-state index is 0.940. The maximum absolute atomic E-state index is 4.73. The topological polar surface area (TPSA) is 35.2 Å². The van der Waals surface area contributed by atoms with Gasteiger partial charge in [-0.05, 0) is 32.2 Å². The van der Waals surface area contributed by atoms with Crippen LogP contribution in [0.4, 0.5) is 5.69 Å². The summed E-state index contributed by atoms with van der Waals surface area (Å²) in [5, 5.41) is 0. The number of aryl methyl sites for hydroxylation is 1. The summed E-state index contributed by atoms with van der Waals surface area (Å²) in [6.45, 7) is 6.51. The molecule has 1 N–H and O–H groups in total. The van der Waals surface area contributed by atoms with Gasteiger partial charge in [0.1, 0.15) is 5.82 Å². The van der Waals surface area contributed by atoms with E-state index in [-0.39, 0.29) is 0 Å². The van der Waals surface area contributed by atoms with Crippen molar-refractivity contribution in [3.8, 4) is 11.4 Å². The molecule has 1 fully saturated rings. The van der Waals surface area contributed by atoms with Gasteiger partial charge in [-0.2, -0.15) is 0 Å². The second-order valence-corrected chi connectivity index (χ2v) is 6.44. The molecular formula is C19H22N4. The summed E-state index contributed by atoms with van der Waals surface area (Å²) in [7, 11) is 2.18. The fourth-order valence-corrected chi connectivity index (χ4v) is 3.11. The minimum atomic E-state index is 0.940. The van der Waals surface area contributed by atoms with Crippen LogP contribution in [0, 0.1) is 6.92 Å². The molecule has 1 saturated heterocycles. The number of hydrogen-bond acceptors (Lipinski definition) is 3. The standard InChI is InChI=1S/C19H22N4/c1-14-3-5-15(6-4-14)19-20-17-8-7-16(13-18(17)21-19)23-11-9-22(2)10-12-23/h3-8,13H,9-12H2,1-2H3,(H,20,21). The van der Waals surface area contributed by atoms with Gasteiger partial charge in [-0.3, -0.25) is 0 Å². The molecule has 23 heavy (non-hydrogen) atoms. The number of benzene rings is 2. The van der Waals surface area contributed by atoms with E-state index in [1.807, 2.05) is 0 Å². The third-order valence-electron chi connectivity index (χ3n) is 4.66. The van der Waals surface area contributed by atoms with Gasteiger partial charge in [-0.15, -0.1) is 0 Å². The fourth-order valence-electron chi connectivity index (χ4n) is 3.11. The number of piperazine rings is 1. The van der Waals surface area contributed by atoms with Gasteiger partial charge in [0.2, 0.25) is 0 Å². The van der Waals surface area contributed by atoms with E-state index >= 15 is 0 Å². The van der Waals surface area contributed by atoms with Crippen LogP contribution >= 0.6 is 0 Å². The van der Waals surface area contributed by atoms with Crippen LogP contribution in [0.5, 0.6) is 0 Å². The van der Waals surface area contributed by atoms with Crippen molar-refractivity contribution >= 4 is 16.7 Å². The van der Waals surface area contributed by atoms with Crippen LogP contribution in [-0.2, 0) is 0 Å². The van der Waals surface area contributed by atoms with Gasteiger partial charge >= 0.3 is 0 Å². The minimum Gasteiger partial charge on any atom is -0.369 e. The molecule has 3 aromatic rings. The molecule has 2 heterocycles.